The fourth-order valence-electron chi connectivity index (χ4n) is 2.46. The predicted octanol–water partition coefficient (Wildman–Crippen LogP) is 3.85. The summed E-state index contributed by atoms with van der Waals surface area (Å²) in [6, 6.07) is 16.0. The highest BCUT2D eigenvalue weighted by atomic mass is 19.1. The van der Waals surface area contributed by atoms with Crippen LogP contribution in [0.15, 0.2) is 76.1 Å². The average Bonchev–Trinajstić information content (AvgIpc) is 2.69. The van der Waals surface area contributed by atoms with Crippen LogP contribution in [0.25, 0.3) is 0 Å². The van der Waals surface area contributed by atoms with Crippen molar-refractivity contribution in [2.45, 2.75) is 19.6 Å². The van der Waals surface area contributed by atoms with E-state index in [1.165, 1.54) is 12.1 Å². The van der Waals surface area contributed by atoms with E-state index in [9.17, 15) is 14.0 Å². The molecule has 138 valence electrons. The zero-order valence-corrected chi connectivity index (χ0v) is 14.6. The molecular formula is C21H18FNO4. The molecule has 3 rings (SSSR count). The largest absolute Gasteiger partial charge is 0.482 e. The van der Waals surface area contributed by atoms with E-state index in [0.717, 1.165) is 17.9 Å². The fraction of sp³-hybridized carbons (Fsp3) is 0.143. The summed E-state index contributed by atoms with van der Waals surface area (Å²) in [5.41, 5.74) is 1.17. The van der Waals surface area contributed by atoms with Gasteiger partial charge in [0.05, 0.1) is 6.04 Å². The second-order valence-corrected chi connectivity index (χ2v) is 5.99. The second kappa shape index (κ2) is 8.31. The van der Waals surface area contributed by atoms with Crippen LogP contribution < -0.4 is 15.5 Å². The average molecular weight is 367 g/mol. The molecule has 0 bridgehead atoms. The summed E-state index contributed by atoms with van der Waals surface area (Å²) >= 11 is 0. The monoisotopic (exact) mass is 367 g/mol. The quantitative estimate of drug-likeness (QED) is 0.719. The van der Waals surface area contributed by atoms with Crippen LogP contribution >= 0.6 is 0 Å². The first-order valence-electron chi connectivity index (χ1n) is 8.39. The minimum Gasteiger partial charge on any atom is -0.482 e. The number of carbonyl (C=O) groups is 1. The second-order valence-electron chi connectivity index (χ2n) is 5.99. The molecule has 1 aromatic heterocycles. The SMILES string of the molecule is C[C@H](NC(=O)c1cc(=O)c(OCc2ccc(F)cc2)co1)c1ccccc1. The first kappa shape index (κ1) is 18.4. The van der Waals surface area contributed by atoms with E-state index >= 15 is 0 Å². The lowest BCUT2D eigenvalue weighted by atomic mass is 10.1. The van der Waals surface area contributed by atoms with E-state index in [1.54, 1.807) is 12.1 Å². The molecule has 0 aliphatic carbocycles. The summed E-state index contributed by atoms with van der Waals surface area (Å²) in [6.07, 6.45) is 1.11. The number of benzene rings is 2. The molecular weight excluding hydrogens is 349 g/mol. The number of hydrogen-bond donors (Lipinski definition) is 1. The number of hydrogen-bond acceptors (Lipinski definition) is 4. The summed E-state index contributed by atoms with van der Waals surface area (Å²) in [7, 11) is 0. The highest BCUT2D eigenvalue weighted by molar-refractivity contribution is 5.91. The molecule has 6 heteroatoms. The minimum absolute atomic E-state index is 0.0213. The van der Waals surface area contributed by atoms with E-state index in [1.807, 2.05) is 37.3 Å². The van der Waals surface area contributed by atoms with Crippen molar-refractivity contribution in [3.63, 3.8) is 0 Å². The van der Waals surface area contributed by atoms with Crippen LogP contribution in [0, 0.1) is 5.82 Å². The Hall–Kier alpha value is -3.41. The molecule has 1 atom stereocenters. The lowest BCUT2D eigenvalue weighted by Crippen LogP contribution is -2.27. The molecule has 0 fully saturated rings. The van der Waals surface area contributed by atoms with Crippen LogP contribution in [0.4, 0.5) is 4.39 Å². The molecule has 5 nitrogen and oxygen atoms in total. The van der Waals surface area contributed by atoms with Gasteiger partial charge in [-0.3, -0.25) is 9.59 Å². The van der Waals surface area contributed by atoms with Crippen molar-refractivity contribution in [2.24, 2.45) is 0 Å². The third-order valence-electron chi connectivity index (χ3n) is 3.98. The Morgan fingerprint density at radius 1 is 1.15 bits per heavy atom. The Bertz CT molecular complexity index is 967. The lowest BCUT2D eigenvalue weighted by molar-refractivity contribution is 0.0908. The standard InChI is InChI=1S/C21H18FNO4/c1-14(16-5-3-2-4-6-16)23-21(25)19-11-18(24)20(13-27-19)26-12-15-7-9-17(22)10-8-15/h2-11,13-14H,12H2,1H3,(H,23,25)/t14-/m0/s1. The molecule has 0 saturated heterocycles. The van der Waals surface area contributed by atoms with Gasteiger partial charge >= 0.3 is 0 Å². The molecule has 0 spiro atoms. The van der Waals surface area contributed by atoms with Crippen molar-refractivity contribution >= 4 is 5.91 Å². The first-order valence-corrected chi connectivity index (χ1v) is 8.39. The fourth-order valence-corrected chi connectivity index (χ4v) is 2.46. The van der Waals surface area contributed by atoms with Crippen LogP contribution in [0.5, 0.6) is 5.75 Å². The molecule has 0 aliphatic heterocycles. The van der Waals surface area contributed by atoms with Crippen LogP contribution in [0.1, 0.15) is 34.6 Å². The van der Waals surface area contributed by atoms with E-state index in [2.05, 4.69) is 5.32 Å². The molecule has 0 aliphatic rings. The van der Waals surface area contributed by atoms with Gasteiger partial charge in [-0.15, -0.1) is 0 Å². The van der Waals surface area contributed by atoms with Crippen molar-refractivity contribution in [3.05, 3.63) is 99.9 Å². The van der Waals surface area contributed by atoms with E-state index in [4.69, 9.17) is 9.15 Å². The maximum Gasteiger partial charge on any atom is 0.287 e. The normalized spacial score (nSPS) is 11.6. The molecule has 27 heavy (non-hydrogen) atoms. The van der Waals surface area contributed by atoms with Crippen LogP contribution in [-0.4, -0.2) is 5.91 Å². The third kappa shape index (κ3) is 4.82. The zero-order valence-electron chi connectivity index (χ0n) is 14.6. The van der Waals surface area contributed by atoms with Crippen molar-refractivity contribution < 1.29 is 18.3 Å². The number of rotatable bonds is 6. The summed E-state index contributed by atoms with van der Waals surface area (Å²) in [4.78, 5) is 24.4. The van der Waals surface area contributed by atoms with Gasteiger partial charge in [0.25, 0.3) is 5.91 Å². The van der Waals surface area contributed by atoms with Crippen molar-refractivity contribution in [1.29, 1.82) is 0 Å². The smallest absolute Gasteiger partial charge is 0.287 e. The third-order valence-corrected chi connectivity index (χ3v) is 3.98. The summed E-state index contributed by atoms with van der Waals surface area (Å²) < 4.78 is 23.5. The van der Waals surface area contributed by atoms with Gasteiger partial charge in [0, 0.05) is 6.07 Å². The van der Waals surface area contributed by atoms with Crippen LogP contribution in [-0.2, 0) is 6.61 Å². The van der Waals surface area contributed by atoms with Gasteiger partial charge in [-0.2, -0.15) is 0 Å². The van der Waals surface area contributed by atoms with Gasteiger partial charge in [0.2, 0.25) is 11.2 Å². The van der Waals surface area contributed by atoms with Gasteiger partial charge in [-0.05, 0) is 30.2 Å². The summed E-state index contributed by atoms with van der Waals surface area (Å²) in [5, 5.41) is 2.77. The Kier molecular flexibility index (Phi) is 5.66. The molecule has 0 unspecified atom stereocenters. The van der Waals surface area contributed by atoms with Gasteiger partial charge in [-0.25, -0.2) is 4.39 Å². The lowest BCUT2D eigenvalue weighted by Gasteiger charge is -2.13. The van der Waals surface area contributed by atoms with Crippen LogP contribution in [0.3, 0.4) is 0 Å². The van der Waals surface area contributed by atoms with E-state index in [-0.39, 0.29) is 30.0 Å². The summed E-state index contributed by atoms with van der Waals surface area (Å²) in [5.74, 6) is -0.962. The Labute approximate surface area is 155 Å². The maximum atomic E-state index is 12.9. The van der Waals surface area contributed by atoms with Crippen LogP contribution in [0.2, 0.25) is 0 Å². The molecule has 0 radical (unpaired) electrons. The molecule has 1 amide bonds. The highest BCUT2D eigenvalue weighted by Gasteiger charge is 2.15. The van der Waals surface area contributed by atoms with Crippen molar-refractivity contribution in [3.8, 4) is 5.75 Å². The minimum atomic E-state index is -0.492. The molecule has 3 aromatic rings. The maximum absolute atomic E-state index is 12.9. The molecule has 1 N–H and O–H groups in total. The Morgan fingerprint density at radius 3 is 2.52 bits per heavy atom. The topological polar surface area (TPSA) is 68.5 Å². The number of amides is 1. The Morgan fingerprint density at radius 2 is 1.85 bits per heavy atom. The van der Waals surface area contributed by atoms with Gasteiger partial charge < -0.3 is 14.5 Å². The van der Waals surface area contributed by atoms with Gasteiger partial charge in [-0.1, -0.05) is 42.5 Å². The number of ether oxygens (including phenoxy) is 1. The van der Waals surface area contributed by atoms with Gasteiger partial charge in [0.1, 0.15) is 18.7 Å². The van der Waals surface area contributed by atoms with Crippen molar-refractivity contribution in [2.75, 3.05) is 0 Å². The molecule has 0 saturated carbocycles. The molecule has 1 heterocycles. The Balaban J connectivity index is 1.64. The zero-order chi connectivity index (χ0) is 19.2. The number of halogens is 1. The summed E-state index contributed by atoms with van der Waals surface area (Å²) in [6.45, 7) is 1.92. The number of nitrogens with one attached hydrogen (secondary N) is 1. The molecule has 2 aromatic carbocycles. The van der Waals surface area contributed by atoms with E-state index < -0.39 is 11.3 Å². The van der Waals surface area contributed by atoms with Gasteiger partial charge in [0.15, 0.2) is 5.76 Å². The highest BCUT2D eigenvalue weighted by Crippen LogP contribution is 2.14. The predicted molar refractivity (Wildman–Crippen MR) is 98.0 cm³/mol. The van der Waals surface area contributed by atoms with Crippen molar-refractivity contribution in [1.82, 2.24) is 5.32 Å². The first-order chi connectivity index (χ1) is 13.0. The van der Waals surface area contributed by atoms with E-state index in [0.29, 0.717) is 5.56 Å². The number of carbonyl (C=O) groups excluding carboxylic acids is 1.